The van der Waals surface area contributed by atoms with Crippen LogP contribution < -0.4 is 25.6 Å². The number of halogens is 2. The van der Waals surface area contributed by atoms with Crippen molar-refractivity contribution in [1.82, 2.24) is 0 Å². The number of anilines is 2. The van der Waals surface area contributed by atoms with E-state index in [1.54, 1.807) is 133 Å². The fourth-order valence-corrected chi connectivity index (χ4v) is 6.82. The number of ether oxygens (including phenoxy) is 6. The molecule has 398 valence electrons. The topological polar surface area (TPSA) is 205 Å². The van der Waals surface area contributed by atoms with Crippen LogP contribution in [0.5, 0.6) is 11.5 Å². The number of amides is 2. The van der Waals surface area contributed by atoms with Crippen LogP contribution in [0.2, 0.25) is 0 Å². The fraction of sp³-hybridized carbons (Fsp3) is 0.281. The van der Waals surface area contributed by atoms with Crippen LogP contribution in [0.4, 0.5) is 34.5 Å². The van der Waals surface area contributed by atoms with Gasteiger partial charge in [0.25, 0.3) is 0 Å². The number of carbonyl (C=O) groups is 5. The second-order valence-corrected chi connectivity index (χ2v) is 18.4. The third kappa shape index (κ3) is 19.0. The van der Waals surface area contributed by atoms with Crippen LogP contribution in [-0.2, 0) is 32.0 Å². The van der Waals surface area contributed by atoms with E-state index < -0.39 is 48.3 Å². The number of hydrogen-bond donors (Lipinski definition) is 4. The van der Waals surface area contributed by atoms with Crippen molar-refractivity contribution in [2.24, 2.45) is 0 Å². The molecule has 0 aliphatic carbocycles. The predicted octanol–water partition coefficient (Wildman–Crippen LogP) is 12.0. The van der Waals surface area contributed by atoms with Crippen molar-refractivity contribution in [3.05, 3.63) is 161 Å². The molecule has 6 rings (SSSR count). The van der Waals surface area contributed by atoms with Gasteiger partial charge in [0, 0.05) is 34.5 Å². The molecule has 0 aromatic heterocycles. The van der Waals surface area contributed by atoms with E-state index in [2.05, 4.69) is 15.4 Å². The first-order valence-corrected chi connectivity index (χ1v) is 23.0. The van der Waals surface area contributed by atoms with Gasteiger partial charge in [0.2, 0.25) is 0 Å². The maximum atomic E-state index is 15.6. The second-order valence-electron chi connectivity index (χ2n) is 18.4. The molecule has 0 atom stereocenters. The molecule has 0 saturated carbocycles. The lowest BCUT2D eigenvalue weighted by atomic mass is 9.80. The van der Waals surface area contributed by atoms with Crippen molar-refractivity contribution >= 4 is 53.9 Å². The van der Waals surface area contributed by atoms with Gasteiger partial charge in [0.1, 0.15) is 40.9 Å². The number of carbonyl (C=O) groups excluding carboxylic acids is 5. The lowest BCUT2D eigenvalue weighted by molar-refractivity contribution is 0.0624. The van der Waals surface area contributed by atoms with Gasteiger partial charge in [-0.15, -0.1) is 0 Å². The zero-order valence-electron chi connectivity index (χ0n) is 43.2. The zero-order valence-corrected chi connectivity index (χ0v) is 43.2. The van der Waals surface area contributed by atoms with Crippen molar-refractivity contribution in [2.75, 3.05) is 32.0 Å². The number of ketones is 2. The Bertz CT molecular complexity index is 2920. The van der Waals surface area contributed by atoms with E-state index in [9.17, 15) is 28.4 Å². The van der Waals surface area contributed by atoms with Gasteiger partial charge in [-0.2, -0.15) is 0 Å². The van der Waals surface area contributed by atoms with Crippen LogP contribution in [0.25, 0.3) is 22.3 Å². The van der Waals surface area contributed by atoms with Gasteiger partial charge in [-0.3, -0.25) is 20.2 Å². The first kappa shape index (κ1) is 61.2. The Labute approximate surface area is 437 Å². The minimum Gasteiger partial charge on any atom is -0.496 e. The van der Waals surface area contributed by atoms with Crippen LogP contribution in [0.1, 0.15) is 100 Å². The zero-order chi connectivity index (χ0) is 54.9. The summed E-state index contributed by atoms with van der Waals surface area (Å²) in [5.74, 6) is -0.484. The number of hydrogen-bond acceptors (Lipinski definition) is 13. The van der Waals surface area contributed by atoms with E-state index in [-0.39, 0.29) is 36.7 Å². The molecule has 0 fully saturated rings. The Balaban J connectivity index is 0.000000311. The number of rotatable bonds is 13. The number of benzene rings is 6. The SMILES string of the molecule is C.CC(C)(C)OC(=O)Nc1ccc(B(O)O)cc1.COC(=O)OCc1ccc(OC)c(-c2cccc(C(C)=O)c2)c1F.COc1ccc(Cc2ccc(NC(=O)OC(C)(C)C)cc2)c(F)c1-c1cccc(C(C)=O)c1. The largest absolute Gasteiger partial charge is 0.508 e. The Morgan fingerprint density at radius 3 is 1.37 bits per heavy atom. The van der Waals surface area contributed by atoms with Crippen LogP contribution >= 0.6 is 0 Å². The fourth-order valence-electron chi connectivity index (χ4n) is 6.82. The van der Waals surface area contributed by atoms with Crippen molar-refractivity contribution in [3.63, 3.8) is 0 Å². The lowest BCUT2D eigenvalue weighted by Crippen LogP contribution is -2.30. The molecule has 0 saturated heterocycles. The van der Waals surface area contributed by atoms with Crippen LogP contribution in [0.15, 0.2) is 121 Å². The van der Waals surface area contributed by atoms with E-state index in [0.717, 1.165) is 5.56 Å². The first-order chi connectivity index (χ1) is 34.8. The quantitative estimate of drug-likeness (QED) is 0.0368. The maximum Gasteiger partial charge on any atom is 0.508 e. The van der Waals surface area contributed by atoms with Crippen molar-refractivity contribution in [3.8, 4) is 33.8 Å². The third-order valence-corrected chi connectivity index (χ3v) is 10.3. The summed E-state index contributed by atoms with van der Waals surface area (Å²) in [7, 11) is 2.58. The number of nitrogens with one attached hydrogen (secondary N) is 2. The van der Waals surface area contributed by atoms with Crippen molar-refractivity contribution in [2.45, 2.75) is 87.0 Å². The third-order valence-electron chi connectivity index (χ3n) is 10.3. The summed E-state index contributed by atoms with van der Waals surface area (Å²) in [6, 6.07) is 33.2. The van der Waals surface area contributed by atoms with Gasteiger partial charge < -0.3 is 38.5 Å². The van der Waals surface area contributed by atoms with Gasteiger partial charge in [-0.1, -0.05) is 74.2 Å². The Morgan fingerprint density at radius 1 is 0.573 bits per heavy atom. The lowest BCUT2D eigenvalue weighted by Gasteiger charge is -2.19. The van der Waals surface area contributed by atoms with Crippen LogP contribution in [0, 0.1) is 11.6 Å². The van der Waals surface area contributed by atoms with Crippen molar-refractivity contribution in [1.29, 1.82) is 0 Å². The van der Waals surface area contributed by atoms with E-state index in [1.807, 2.05) is 12.1 Å². The minimum atomic E-state index is -1.51. The van der Waals surface area contributed by atoms with E-state index >= 15 is 4.39 Å². The highest BCUT2D eigenvalue weighted by molar-refractivity contribution is 6.58. The minimum absolute atomic E-state index is 0. The molecule has 0 spiro atoms. The smallest absolute Gasteiger partial charge is 0.496 e. The molecule has 0 radical (unpaired) electrons. The number of Topliss-reactive ketones (excluding diaryl/α,β-unsaturated/α-hetero) is 2. The highest BCUT2D eigenvalue weighted by atomic mass is 19.1. The van der Waals surface area contributed by atoms with Crippen LogP contribution in [0.3, 0.4) is 0 Å². The molecule has 0 unspecified atom stereocenters. The molecule has 0 heterocycles. The highest BCUT2D eigenvalue weighted by Crippen LogP contribution is 2.37. The summed E-state index contributed by atoms with van der Waals surface area (Å²) in [6.07, 6.45) is -1.63. The highest BCUT2D eigenvalue weighted by Gasteiger charge is 2.21. The molecule has 4 N–H and O–H groups in total. The maximum absolute atomic E-state index is 15.6. The van der Waals surface area contributed by atoms with Gasteiger partial charge in [-0.25, -0.2) is 23.2 Å². The summed E-state index contributed by atoms with van der Waals surface area (Å²) in [4.78, 5) is 57.7. The monoisotopic (exact) mass is 1030 g/mol. The van der Waals surface area contributed by atoms with Gasteiger partial charge in [0.15, 0.2) is 11.6 Å². The molecule has 0 bridgehead atoms. The summed E-state index contributed by atoms with van der Waals surface area (Å²) in [5, 5.41) is 23.0. The average molecular weight is 1030 g/mol. The standard InChI is InChI=1S/C27H28FNO4.C18H17FO5.C11H16BNO4.CH4/c1-17(30)19-7-6-8-20(16-19)24-23(32-5)14-11-21(25(24)28)15-18-9-12-22(13-10-18)29-26(31)33-27(2,3)4;1-11(20)12-5-4-6-13(9-12)16-15(22-2)8-7-14(17(16)19)10-24-18(21)23-3;1-11(2,3)17-10(14)13-9-6-4-8(5-7-9)12(15)16;/h6-14,16H,15H2,1-5H3,(H,29,31);4-9H,10H2,1-3H3;4-7,15-16H,1-3H3,(H,13,14);1H4. The molecule has 75 heavy (non-hydrogen) atoms. The average Bonchev–Trinajstić information content (AvgIpc) is 3.33. The van der Waals surface area contributed by atoms with E-state index in [4.69, 9.17) is 33.7 Å². The normalized spacial score (nSPS) is 10.6. The van der Waals surface area contributed by atoms with Gasteiger partial charge in [0.05, 0.1) is 32.5 Å². The molecule has 0 aliphatic rings. The molecule has 2 amide bonds. The molecule has 6 aromatic carbocycles. The van der Waals surface area contributed by atoms with Gasteiger partial charge in [-0.05, 0) is 138 Å². The molecule has 18 heteroatoms. The summed E-state index contributed by atoms with van der Waals surface area (Å²) < 4.78 is 60.6. The first-order valence-electron chi connectivity index (χ1n) is 23.0. The Kier molecular flexibility index (Phi) is 22.7. The molecular weight excluding hydrogens is 969 g/mol. The number of methoxy groups -OCH3 is 3. The molecule has 6 aromatic rings. The molecule has 15 nitrogen and oxygen atoms in total. The second kappa shape index (κ2) is 27.8. The molecule has 0 aliphatic heterocycles. The van der Waals surface area contributed by atoms with Crippen LogP contribution in [-0.4, -0.2) is 79.6 Å². The van der Waals surface area contributed by atoms with Gasteiger partial charge >= 0.3 is 25.5 Å². The summed E-state index contributed by atoms with van der Waals surface area (Å²) >= 11 is 0. The predicted molar refractivity (Wildman–Crippen MR) is 286 cm³/mol. The van der Waals surface area contributed by atoms with E-state index in [1.165, 1.54) is 53.4 Å². The Hall–Kier alpha value is -8.09. The summed E-state index contributed by atoms with van der Waals surface area (Å²) in [5.41, 5.74) is 4.45. The molecular formula is C57H65BF2N2O13. The van der Waals surface area contributed by atoms with E-state index in [0.29, 0.717) is 68.1 Å². The summed E-state index contributed by atoms with van der Waals surface area (Å²) in [6.45, 7) is 13.4. The Morgan fingerprint density at radius 2 is 0.987 bits per heavy atom. The van der Waals surface area contributed by atoms with Crippen molar-refractivity contribution < 1.29 is 71.2 Å².